The Morgan fingerprint density at radius 3 is 2.33 bits per heavy atom. The van der Waals surface area contributed by atoms with Crippen molar-refractivity contribution in [1.29, 1.82) is 0 Å². The molecule has 1 aliphatic heterocycles. The van der Waals surface area contributed by atoms with Crippen LogP contribution in [0, 0.1) is 13.8 Å². The van der Waals surface area contributed by atoms with Crippen LogP contribution in [0.3, 0.4) is 0 Å². The normalized spacial score (nSPS) is 16.3. The number of hydrogen-bond donors (Lipinski definition) is 1. The van der Waals surface area contributed by atoms with Gasteiger partial charge in [0.05, 0.1) is 0 Å². The molecule has 3 rings (SSSR count). The largest absolute Gasteiger partial charge is 0.488 e. The monoisotopic (exact) mass is 366 g/mol. The Labute approximate surface area is 164 Å². The van der Waals surface area contributed by atoms with Crippen LogP contribution in [0.15, 0.2) is 42.5 Å². The average molecular weight is 367 g/mol. The molecule has 3 heteroatoms. The topological polar surface area (TPSA) is 24.5 Å². The molecule has 0 spiro atoms. The minimum atomic E-state index is 0.521. The number of unbranched alkanes of at least 4 members (excludes halogenated alkanes) is 1. The maximum absolute atomic E-state index is 6.19. The van der Waals surface area contributed by atoms with Gasteiger partial charge in [-0.05, 0) is 42.5 Å². The summed E-state index contributed by atoms with van der Waals surface area (Å²) < 4.78 is 6.19. The molecule has 1 saturated heterocycles. The third-order valence-corrected chi connectivity index (χ3v) is 5.52. The van der Waals surface area contributed by atoms with Gasteiger partial charge in [-0.1, -0.05) is 62.2 Å². The minimum absolute atomic E-state index is 0.521. The fourth-order valence-corrected chi connectivity index (χ4v) is 4.08. The van der Waals surface area contributed by atoms with E-state index in [1.54, 1.807) is 0 Å². The fourth-order valence-electron chi connectivity index (χ4n) is 4.08. The smallest absolute Gasteiger partial charge is 0.125 e. The first-order valence-electron chi connectivity index (χ1n) is 10.4. The number of piperazine rings is 1. The van der Waals surface area contributed by atoms with Gasteiger partial charge < -0.3 is 10.1 Å². The van der Waals surface area contributed by atoms with Gasteiger partial charge in [0.2, 0.25) is 0 Å². The molecule has 1 heterocycles. The minimum Gasteiger partial charge on any atom is -0.488 e. The molecule has 1 atom stereocenters. The van der Waals surface area contributed by atoms with Gasteiger partial charge in [0.15, 0.2) is 0 Å². The number of rotatable bonds is 8. The van der Waals surface area contributed by atoms with Crippen LogP contribution in [-0.2, 0) is 6.61 Å². The van der Waals surface area contributed by atoms with E-state index in [1.165, 1.54) is 41.5 Å². The second-order valence-corrected chi connectivity index (χ2v) is 7.70. The van der Waals surface area contributed by atoms with Crippen molar-refractivity contribution in [3.8, 4) is 5.75 Å². The molecule has 1 aliphatic rings. The highest BCUT2D eigenvalue weighted by molar-refractivity contribution is 5.44. The van der Waals surface area contributed by atoms with Crippen molar-refractivity contribution in [1.82, 2.24) is 10.2 Å². The quantitative estimate of drug-likeness (QED) is 0.710. The van der Waals surface area contributed by atoms with E-state index in [0.29, 0.717) is 12.6 Å². The molecule has 3 nitrogen and oxygen atoms in total. The summed E-state index contributed by atoms with van der Waals surface area (Å²) in [6.45, 7) is 11.7. The molecule has 2 aromatic rings. The second kappa shape index (κ2) is 9.91. The molecule has 0 aliphatic carbocycles. The first-order valence-corrected chi connectivity index (χ1v) is 10.4. The van der Waals surface area contributed by atoms with Crippen LogP contribution in [0.25, 0.3) is 0 Å². The highest BCUT2D eigenvalue weighted by Crippen LogP contribution is 2.33. The van der Waals surface area contributed by atoms with Gasteiger partial charge in [0.25, 0.3) is 0 Å². The van der Waals surface area contributed by atoms with E-state index in [4.69, 9.17) is 4.74 Å². The Morgan fingerprint density at radius 1 is 1.04 bits per heavy atom. The number of hydrogen-bond acceptors (Lipinski definition) is 3. The standard InChI is InChI=1S/C24H34N2O/c1-4-5-11-23(26-14-12-25-13-15-26)22-16-19(2)24(20(3)17-22)27-18-21-9-7-6-8-10-21/h6-10,16-17,23,25H,4-5,11-15,18H2,1-3H3/t23-/m0/s1. The van der Waals surface area contributed by atoms with E-state index < -0.39 is 0 Å². The van der Waals surface area contributed by atoms with Crippen molar-refractivity contribution in [3.63, 3.8) is 0 Å². The van der Waals surface area contributed by atoms with E-state index in [0.717, 1.165) is 31.9 Å². The number of nitrogens with one attached hydrogen (secondary N) is 1. The Hall–Kier alpha value is -1.84. The molecule has 2 aromatic carbocycles. The third-order valence-electron chi connectivity index (χ3n) is 5.52. The second-order valence-electron chi connectivity index (χ2n) is 7.70. The van der Waals surface area contributed by atoms with Gasteiger partial charge >= 0.3 is 0 Å². The van der Waals surface area contributed by atoms with Gasteiger partial charge in [-0.25, -0.2) is 0 Å². The van der Waals surface area contributed by atoms with E-state index in [-0.39, 0.29) is 0 Å². The zero-order chi connectivity index (χ0) is 19.1. The average Bonchev–Trinajstić information content (AvgIpc) is 2.69. The molecule has 0 saturated carbocycles. The van der Waals surface area contributed by atoms with E-state index in [1.807, 2.05) is 6.07 Å². The van der Waals surface area contributed by atoms with Crippen LogP contribution in [0.4, 0.5) is 0 Å². The molecule has 27 heavy (non-hydrogen) atoms. The van der Waals surface area contributed by atoms with Crippen LogP contribution >= 0.6 is 0 Å². The maximum Gasteiger partial charge on any atom is 0.125 e. The highest BCUT2D eigenvalue weighted by Gasteiger charge is 2.23. The highest BCUT2D eigenvalue weighted by atomic mass is 16.5. The SMILES string of the molecule is CCCC[C@@H](c1cc(C)c(OCc2ccccc2)c(C)c1)N1CCNCC1. The van der Waals surface area contributed by atoms with Crippen LogP contribution in [0.2, 0.25) is 0 Å². The van der Waals surface area contributed by atoms with Crippen molar-refractivity contribution in [3.05, 3.63) is 64.7 Å². The summed E-state index contributed by atoms with van der Waals surface area (Å²) in [7, 11) is 0. The Bertz CT molecular complexity index is 685. The third kappa shape index (κ3) is 5.33. The van der Waals surface area contributed by atoms with Crippen molar-refractivity contribution in [2.75, 3.05) is 26.2 Å². The van der Waals surface area contributed by atoms with Gasteiger partial charge in [0.1, 0.15) is 12.4 Å². The van der Waals surface area contributed by atoms with Gasteiger partial charge in [-0.3, -0.25) is 4.90 Å². The summed E-state index contributed by atoms with van der Waals surface area (Å²) in [5.74, 6) is 1.04. The first kappa shape index (κ1) is 19.9. The summed E-state index contributed by atoms with van der Waals surface area (Å²) >= 11 is 0. The lowest BCUT2D eigenvalue weighted by molar-refractivity contribution is 0.163. The predicted molar refractivity (Wildman–Crippen MR) is 113 cm³/mol. The Kier molecular flexibility index (Phi) is 7.31. The maximum atomic E-state index is 6.19. The number of ether oxygens (including phenoxy) is 1. The van der Waals surface area contributed by atoms with E-state index in [2.05, 4.69) is 67.4 Å². The van der Waals surface area contributed by atoms with Crippen LogP contribution in [-0.4, -0.2) is 31.1 Å². The Morgan fingerprint density at radius 2 is 1.70 bits per heavy atom. The lowest BCUT2D eigenvalue weighted by atomic mass is 9.95. The van der Waals surface area contributed by atoms with Gasteiger partial charge in [0, 0.05) is 32.2 Å². The summed E-state index contributed by atoms with van der Waals surface area (Å²) in [6, 6.07) is 15.6. The first-order chi connectivity index (χ1) is 13.2. The van der Waals surface area contributed by atoms with Crippen LogP contribution in [0.5, 0.6) is 5.75 Å². The summed E-state index contributed by atoms with van der Waals surface area (Å²) in [6.07, 6.45) is 3.76. The van der Waals surface area contributed by atoms with Gasteiger partial charge in [-0.15, -0.1) is 0 Å². The molecule has 146 valence electrons. The number of aryl methyl sites for hydroxylation is 2. The fraction of sp³-hybridized carbons (Fsp3) is 0.500. The number of nitrogens with zero attached hydrogens (tertiary/aromatic N) is 1. The Balaban J connectivity index is 1.78. The van der Waals surface area contributed by atoms with Crippen LogP contribution < -0.4 is 10.1 Å². The van der Waals surface area contributed by atoms with Crippen molar-refractivity contribution < 1.29 is 4.74 Å². The van der Waals surface area contributed by atoms with Crippen molar-refractivity contribution >= 4 is 0 Å². The van der Waals surface area contributed by atoms with Gasteiger partial charge in [-0.2, -0.15) is 0 Å². The predicted octanol–water partition coefficient (Wildman–Crippen LogP) is 5.02. The van der Waals surface area contributed by atoms with E-state index >= 15 is 0 Å². The van der Waals surface area contributed by atoms with E-state index in [9.17, 15) is 0 Å². The summed E-state index contributed by atoms with van der Waals surface area (Å²) in [5, 5.41) is 3.48. The zero-order valence-corrected chi connectivity index (χ0v) is 17.1. The molecule has 1 N–H and O–H groups in total. The molecule has 0 radical (unpaired) electrons. The lowest BCUT2D eigenvalue weighted by Gasteiger charge is -2.36. The summed E-state index contributed by atoms with van der Waals surface area (Å²) in [5.41, 5.74) is 5.16. The molecule has 1 fully saturated rings. The van der Waals surface area contributed by atoms with Crippen molar-refractivity contribution in [2.24, 2.45) is 0 Å². The molecule has 0 amide bonds. The molecule has 0 bridgehead atoms. The molecular weight excluding hydrogens is 332 g/mol. The zero-order valence-electron chi connectivity index (χ0n) is 17.1. The summed E-state index contributed by atoms with van der Waals surface area (Å²) in [4.78, 5) is 2.66. The molecule has 0 unspecified atom stereocenters. The molecule has 0 aromatic heterocycles. The molecular formula is C24H34N2O. The van der Waals surface area contributed by atoms with Crippen molar-refractivity contribution in [2.45, 2.75) is 52.7 Å². The number of benzene rings is 2. The van der Waals surface area contributed by atoms with Crippen LogP contribution in [0.1, 0.15) is 54.5 Å². The lowest BCUT2D eigenvalue weighted by Crippen LogP contribution is -2.45.